The van der Waals surface area contributed by atoms with E-state index in [1.54, 1.807) is 0 Å². The van der Waals surface area contributed by atoms with Gasteiger partial charge in [0, 0.05) is 45.7 Å². The lowest BCUT2D eigenvalue weighted by molar-refractivity contribution is 0.109. The minimum atomic E-state index is 0.324. The highest BCUT2D eigenvalue weighted by molar-refractivity contribution is 5.53. The molecule has 0 aliphatic carbocycles. The Morgan fingerprint density at radius 3 is 2.44 bits per heavy atom. The Bertz CT molecular complexity index is 1030. The molecule has 0 saturated carbocycles. The van der Waals surface area contributed by atoms with Crippen molar-refractivity contribution < 1.29 is 5.11 Å². The molecule has 0 unspecified atom stereocenters. The van der Waals surface area contributed by atoms with Gasteiger partial charge in [-0.15, -0.1) is 0 Å². The molecule has 5 rings (SSSR count). The summed E-state index contributed by atoms with van der Waals surface area (Å²) >= 11 is 0. The molecule has 172 valence electrons. The molecule has 2 aliphatic heterocycles. The summed E-state index contributed by atoms with van der Waals surface area (Å²) in [5, 5.41) is 7.00. The number of aliphatic hydroxyl groups is 1. The predicted octanol–water partition coefficient (Wildman–Crippen LogP) is 3.30. The molecule has 3 aromatic heterocycles. The SMILES string of the molecule is CO.Cc1cccnc1[C@@H]1CCC[C@H](c2cn3c(N4CCN(C)CC4)cccc3n2)N1C. The Kier molecular flexibility index (Phi) is 7.08. The average molecular weight is 437 g/mol. The molecule has 2 atom stereocenters. The average Bonchev–Trinajstić information content (AvgIpc) is 3.26. The van der Waals surface area contributed by atoms with Gasteiger partial charge >= 0.3 is 0 Å². The van der Waals surface area contributed by atoms with E-state index in [9.17, 15) is 0 Å². The highest BCUT2D eigenvalue weighted by Crippen LogP contribution is 2.40. The van der Waals surface area contributed by atoms with Gasteiger partial charge < -0.3 is 14.9 Å². The number of imidazole rings is 1. The lowest BCUT2D eigenvalue weighted by Gasteiger charge is -2.39. The smallest absolute Gasteiger partial charge is 0.138 e. The second kappa shape index (κ2) is 9.98. The maximum atomic E-state index is 7.00. The number of anilines is 1. The third kappa shape index (κ3) is 4.37. The molecule has 3 aromatic rings. The van der Waals surface area contributed by atoms with Crippen LogP contribution < -0.4 is 4.90 Å². The molecule has 1 N–H and O–H groups in total. The van der Waals surface area contributed by atoms with Crippen molar-refractivity contribution in [2.75, 3.05) is 52.3 Å². The molecule has 32 heavy (non-hydrogen) atoms. The standard InChI is InChI=1S/C24H32N6.CH4O/c1-18-7-6-12-25-24(18)21-9-4-8-20(28(21)3)19-17-30-22(26-19)10-5-11-23(30)29-15-13-27(2)14-16-29;1-2/h5-7,10-12,17,20-21H,4,8-9,13-16H2,1-3H3;2H,1H3/t20-,21+;/m1./s1. The van der Waals surface area contributed by atoms with Crippen molar-refractivity contribution in [3.05, 3.63) is 59.7 Å². The van der Waals surface area contributed by atoms with Crippen LogP contribution in [0, 0.1) is 6.92 Å². The lowest BCUT2D eigenvalue weighted by Crippen LogP contribution is -2.45. The lowest BCUT2D eigenvalue weighted by atomic mass is 9.91. The number of fused-ring (bicyclic) bond motifs is 1. The molecular weight excluding hydrogens is 400 g/mol. The fourth-order valence-electron chi connectivity index (χ4n) is 5.13. The molecule has 0 spiro atoms. The zero-order valence-corrected chi connectivity index (χ0v) is 19.8. The number of nitrogens with zero attached hydrogens (tertiary/aromatic N) is 6. The molecule has 5 heterocycles. The van der Waals surface area contributed by atoms with Crippen LogP contribution in [0.2, 0.25) is 0 Å². The summed E-state index contributed by atoms with van der Waals surface area (Å²) in [5.41, 5.74) is 4.72. The second-order valence-corrected chi connectivity index (χ2v) is 8.90. The molecule has 2 saturated heterocycles. The Labute approximate surface area is 191 Å². The summed E-state index contributed by atoms with van der Waals surface area (Å²) < 4.78 is 2.30. The van der Waals surface area contributed by atoms with Crippen LogP contribution in [-0.2, 0) is 0 Å². The van der Waals surface area contributed by atoms with Crippen LogP contribution in [-0.4, -0.2) is 76.7 Å². The first kappa shape index (κ1) is 22.7. The number of likely N-dealkylation sites (tertiary alicyclic amines) is 1. The maximum Gasteiger partial charge on any atom is 0.138 e. The topological polar surface area (TPSA) is 60.1 Å². The summed E-state index contributed by atoms with van der Waals surface area (Å²) in [7, 11) is 5.44. The highest BCUT2D eigenvalue weighted by atomic mass is 16.2. The van der Waals surface area contributed by atoms with Crippen LogP contribution in [0.1, 0.15) is 48.3 Å². The maximum absolute atomic E-state index is 7.00. The van der Waals surface area contributed by atoms with Crippen molar-refractivity contribution in [3.63, 3.8) is 0 Å². The summed E-state index contributed by atoms with van der Waals surface area (Å²) in [6, 6.07) is 11.4. The highest BCUT2D eigenvalue weighted by Gasteiger charge is 2.32. The second-order valence-electron chi connectivity index (χ2n) is 8.90. The largest absolute Gasteiger partial charge is 0.400 e. The third-order valence-electron chi connectivity index (χ3n) is 6.96. The minimum absolute atomic E-state index is 0.324. The number of pyridine rings is 2. The number of hydrogen-bond acceptors (Lipinski definition) is 6. The molecule has 0 amide bonds. The van der Waals surface area contributed by atoms with E-state index < -0.39 is 0 Å². The van der Waals surface area contributed by atoms with Gasteiger partial charge in [-0.1, -0.05) is 12.1 Å². The number of piperazine rings is 1. The van der Waals surface area contributed by atoms with E-state index in [4.69, 9.17) is 15.1 Å². The number of aliphatic hydroxyl groups excluding tert-OH is 1. The van der Waals surface area contributed by atoms with E-state index in [1.807, 2.05) is 12.3 Å². The molecule has 0 radical (unpaired) electrons. The zero-order chi connectivity index (χ0) is 22.7. The van der Waals surface area contributed by atoms with Crippen molar-refractivity contribution in [1.82, 2.24) is 24.2 Å². The van der Waals surface area contributed by atoms with E-state index in [1.165, 1.54) is 29.2 Å². The summed E-state index contributed by atoms with van der Waals surface area (Å²) in [6.45, 7) is 6.51. The van der Waals surface area contributed by atoms with Crippen molar-refractivity contribution in [1.29, 1.82) is 0 Å². The van der Waals surface area contributed by atoms with Crippen molar-refractivity contribution in [2.24, 2.45) is 0 Å². The molecule has 0 aromatic carbocycles. The fourth-order valence-corrected chi connectivity index (χ4v) is 5.13. The van der Waals surface area contributed by atoms with Crippen molar-refractivity contribution >= 4 is 11.5 Å². The monoisotopic (exact) mass is 436 g/mol. The van der Waals surface area contributed by atoms with Crippen molar-refractivity contribution in [2.45, 2.75) is 38.3 Å². The minimum Gasteiger partial charge on any atom is -0.400 e. The van der Waals surface area contributed by atoms with Gasteiger partial charge in [0.25, 0.3) is 0 Å². The van der Waals surface area contributed by atoms with Gasteiger partial charge in [-0.25, -0.2) is 4.98 Å². The number of hydrogen-bond donors (Lipinski definition) is 1. The third-order valence-corrected chi connectivity index (χ3v) is 6.96. The molecule has 0 bridgehead atoms. The Balaban J connectivity index is 0.00000119. The van der Waals surface area contributed by atoms with E-state index >= 15 is 0 Å². The van der Waals surface area contributed by atoms with E-state index in [0.717, 1.165) is 51.8 Å². The van der Waals surface area contributed by atoms with Gasteiger partial charge in [0.05, 0.1) is 23.5 Å². The van der Waals surface area contributed by atoms with Gasteiger partial charge in [0.1, 0.15) is 11.5 Å². The van der Waals surface area contributed by atoms with Gasteiger partial charge in [0.2, 0.25) is 0 Å². The summed E-state index contributed by atoms with van der Waals surface area (Å²) in [5.74, 6) is 1.26. The van der Waals surface area contributed by atoms with Crippen molar-refractivity contribution in [3.8, 4) is 0 Å². The Morgan fingerprint density at radius 2 is 1.69 bits per heavy atom. The van der Waals surface area contributed by atoms with Gasteiger partial charge in [0.15, 0.2) is 0 Å². The number of piperidine rings is 1. The van der Waals surface area contributed by atoms with E-state index in [2.05, 4.69) is 70.6 Å². The first-order valence-corrected chi connectivity index (χ1v) is 11.6. The van der Waals surface area contributed by atoms with E-state index in [-0.39, 0.29) is 0 Å². The van der Waals surface area contributed by atoms with Crippen LogP contribution in [0.15, 0.2) is 42.7 Å². The Hall–Kier alpha value is -2.48. The van der Waals surface area contributed by atoms with Gasteiger partial charge in [-0.05, 0) is 64.0 Å². The molecule has 7 heteroatoms. The first-order valence-electron chi connectivity index (χ1n) is 11.6. The van der Waals surface area contributed by atoms with Crippen LogP contribution in [0.25, 0.3) is 5.65 Å². The zero-order valence-electron chi connectivity index (χ0n) is 19.8. The summed E-state index contributed by atoms with van der Waals surface area (Å²) in [4.78, 5) is 17.2. The van der Waals surface area contributed by atoms with E-state index in [0.29, 0.717) is 12.1 Å². The van der Waals surface area contributed by atoms with Gasteiger partial charge in [-0.3, -0.25) is 14.3 Å². The van der Waals surface area contributed by atoms with Crippen LogP contribution in [0.4, 0.5) is 5.82 Å². The normalized spacial score (nSPS) is 22.6. The number of rotatable bonds is 3. The Morgan fingerprint density at radius 1 is 0.938 bits per heavy atom. The fraction of sp³-hybridized carbons (Fsp3) is 0.520. The first-order chi connectivity index (χ1) is 15.6. The number of aromatic nitrogens is 3. The number of aryl methyl sites for hydroxylation is 1. The van der Waals surface area contributed by atoms with Crippen LogP contribution in [0.5, 0.6) is 0 Å². The molecule has 2 fully saturated rings. The molecule has 7 nitrogen and oxygen atoms in total. The summed E-state index contributed by atoms with van der Waals surface area (Å²) in [6.07, 6.45) is 7.71. The molecule has 2 aliphatic rings. The van der Waals surface area contributed by atoms with Gasteiger partial charge in [-0.2, -0.15) is 0 Å². The molecular formula is C25H36N6O. The van der Waals surface area contributed by atoms with Crippen LogP contribution in [0.3, 0.4) is 0 Å². The number of likely N-dealkylation sites (N-methyl/N-ethyl adjacent to an activating group) is 1. The quantitative estimate of drug-likeness (QED) is 0.680. The predicted molar refractivity (Wildman–Crippen MR) is 129 cm³/mol. The van der Waals surface area contributed by atoms with Crippen LogP contribution >= 0.6 is 0 Å².